The number of aliphatic imine (C=N–C) groups is 1. The van der Waals surface area contributed by atoms with Crippen molar-refractivity contribution in [2.75, 3.05) is 51.7 Å². The first-order valence-electron chi connectivity index (χ1n) is 9.61. The molecule has 2 heterocycles. The predicted octanol–water partition coefficient (Wildman–Crippen LogP) is 2.36. The molecule has 0 radical (unpaired) electrons. The number of nitrogens with zero attached hydrogens (tertiary/aromatic N) is 4. The third-order valence-corrected chi connectivity index (χ3v) is 4.87. The highest BCUT2D eigenvalue weighted by atomic mass is 127. The largest absolute Gasteiger partial charge is 0.356 e. The molecule has 7 heteroatoms. The number of anilines is 1. The molecule has 2 aromatic rings. The Morgan fingerprint density at radius 1 is 1.00 bits per heavy atom. The summed E-state index contributed by atoms with van der Waals surface area (Å²) in [5.41, 5.74) is 2.48. The van der Waals surface area contributed by atoms with Crippen LogP contribution < -0.4 is 15.5 Å². The van der Waals surface area contributed by atoms with E-state index in [1.807, 2.05) is 12.3 Å². The van der Waals surface area contributed by atoms with E-state index in [2.05, 4.69) is 73.9 Å². The molecule has 0 amide bonds. The van der Waals surface area contributed by atoms with Crippen LogP contribution in [0.2, 0.25) is 0 Å². The lowest BCUT2D eigenvalue weighted by Crippen LogP contribution is -2.44. The van der Waals surface area contributed by atoms with Crippen LogP contribution in [0.5, 0.6) is 0 Å². The minimum Gasteiger partial charge on any atom is -0.356 e. The lowest BCUT2D eigenvalue weighted by Gasteiger charge is -2.33. The van der Waals surface area contributed by atoms with Crippen LogP contribution in [0.15, 0.2) is 53.7 Å². The number of piperazine rings is 1. The lowest BCUT2D eigenvalue weighted by atomic mass is 10.1. The van der Waals surface area contributed by atoms with E-state index >= 15 is 0 Å². The van der Waals surface area contributed by atoms with Gasteiger partial charge in [-0.3, -0.25) is 4.99 Å². The average molecular weight is 494 g/mol. The summed E-state index contributed by atoms with van der Waals surface area (Å²) in [5.74, 6) is 1.88. The second kappa shape index (κ2) is 11.9. The summed E-state index contributed by atoms with van der Waals surface area (Å²) in [5, 5.41) is 6.72. The molecule has 1 aromatic heterocycles. The van der Waals surface area contributed by atoms with E-state index in [1.54, 1.807) is 7.05 Å². The number of hydrogen-bond acceptors (Lipinski definition) is 4. The number of halogens is 1. The second-order valence-corrected chi connectivity index (χ2v) is 6.90. The maximum atomic E-state index is 4.64. The number of likely N-dealkylation sites (N-methyl/N-ethyl adjacent to an activating group) is 1. The molecule has 0 bridgehead atoms. The van der Waals surface area contributed by atoms with Crippen molar-refractivity contribution < 1.29 is 0 Å². The molecule has 1 saturated heterocycles. The van der Waals surface area contributed by atoms with E-state index in [4.69, 9.17) is 0 Å². The first kappa shape index (κ1) is 22.4. The zero-order valence-corrected chi connectivity index (χ0v) is 19.1. The second-order valence-electron chi connectivity index (χ2n) is 6.90. The van der Waals surface area contributed by atoms with Crippen LogP contribution >= 0.6 is 24.0 Å². The van der Waals surface area contributed by atoms with Crippen LogP contribution in [0, 0.1) is 0 Å². The molecule has 2 N–H and O–H groups in total. The van der Waals surface area contributed by atoms with Gasteiger partial charge in [0, 0.05) is 52.5 Å². The van der Waals surface area contributed by atoms with Gasteiger partial charge in [0.2, 0.25) is 0 Å². The summed E-state index contributed by atoms with van der Waals surface area (Å²) in [7, 11) is 3.97. The summed E-state index contributed by atoms with van der Waals surface area (Å²) >= 11 is 0. The summed E-state index contributed by atoms with van der Waals surface area (Å²) in [6.07, 6.45) is 2.93. The van der Waals surface area contributed by atoms with Crippen molar-refractivity contribution in [2.45, 2.75) is 13.0 Å². The zero-order chi connectivity index (χ0) is 18.9. The Morgan fingerprint density at radius 2 is 1.75 bits per heavy atom. The smallest absolute Gasteiger partial charge is 0.191 e. The number of pyridine rings is 1. The van der Waals surface area contributed by atoms with Crippen molar-refractivity contribution in [3.63, 3.8) is 0 Å². The van der Waals surface area contributed by atoms with Crippen molar-refractivity contribution in [3.8, 4) is 0 Å². The van der Waals surface area contributed by atoms with E-state index in [-0.39, 0.29) is 24.0 Å². The fraction of sp³-hybridized carbons (Fsp3) is 0.429. The number of nitrogens with one attached hydrogen (secondary N) is 2. The third kappa shape index (κ3) is 6.94. The monoisotopic (exact) mass is 494 g/mol. The Hall–Kier alpha value is -1.87. The Bertz CT molecular complexity index is 711. The Balaban J connectivity index is 0.00000280. The number of benzene rings is 1. The molecule has 0 spiro atoms. The maximum absolute atomic E-state index is 4.64. The molecule has 1 fully saturated rings. The van der Waals surface area contributed by atoms with Gasteiger partial charge in [-0.05, 0) is 30.7 Å². The fourth-order valence-corrected chi connectivity index (χ4v) is 3.12. The van der Waals surface area contributed by atoms with Crippen LogP contribution in [0.3, 0.4) is 0 Å². The highest BCUT2D eigenvalue weighted by molar-refractivity contribution is 14.0. The van der Waals surface area contributed by atoms with E-state index < -0.39 is 0 Å². The van der Waals surface area contributed by atoms with Crippen LogP contribution in [-0.2, 0) is 13.0 Å². The highest BCUT2D eigenvalue weighted by Gasteiger charge is 2.14. The number of rotatable bonds is 6. The van der Waals surface area contributed by atoms with Gasteiger partial charge in [0.25, 0.3) is 0 Å². The van der Waals surface area contributed by atoms with Gasteiger partial charge < -0.3 is 20.4 Å². The molecule has 1 aliphatic rings. The van der Waals surface area contributed by atoms with Crippen molar-refractivity contribution in [1.29, 1.82) is 0 Å². The zero-order valence-electron chi connectivity index (χ0n) is 16.8. The molecule has 28 heavy (non-hydrogen) atoms. The molecule has 0 aliphatic carbocycles. The summed E-state index contributed by atoms with van der Waals surface area (Å²) in [4.78, 5) is 13.6. The first-order chi connectivity index (χ1) is 13.2. The Morgan fingerprint density at radius 3 is 2.39 bits per heavy atom. The summed E-state index contributed by atoms with van der Waals surface area (Å²) < 4.78 is 0. The molecule has 0 atom stereocenters. The van der Waals surface area contributed by atoms with Crippen molar-refractivity contribution in [3.05, 3.63) is 59.8 Å². The van der Waals surface area contributed by atoms with Gasteiger partial charge in [-0.25, -0.2) is 4.98 Å². The van der Waals surface area contributed by atoms with Crippen molar-refractivity contribution in [1.82, 2.24) is 20.5 Å². The fourth-order valence-electron chi connectivity index (χ4n) is 3.12. The molecule has 1 aromatic carbocycles. The van der Waals surface area contributed by atoms with E-state index in [0.29, 0.717) is 6.54 Å². The number of guanidine groups is 1. The van der Waals surface area contributed by atoms with Gasteiger partial charge in [0.05, 0.1) is 0 Å². The van der Waals surface area contributed by atoms with Gasteiger partial charge in [0.1, 0.15) is 5.82 Å². The topological polar surface area (TPSA) is 55.8 Å². The summed E-state index contributed by atoms with van der Waals surface area (Å²) in [6, 6.07) is 14.7. The van der Waals surface area contributed by atoms with Crippen LogP contribution in [0.25, 0.3) is 0 Å². The Labute approximate surface area is 185 Å². The molecule has 1 aliphatic heterocycles. The molecule has 3 rings (SSSR count). The molecule has 0 saturated carbocycles. The van der Waals surface area contributed by atoms with Gasteiger partial charge in [-0.15, -0.1) is 24.0 Å². The quantitative estimate of drug-likeness (QED) is 0.367. The minimum absolute atomic E-state index is 0. The van der Waals surface area contributed by atoms with Crippen molar-refractivity contribution >= 4 is 35.8 Å². The third-order valence-electron chi connectivity index (χ3n) is 4.87. The number of aromatic nitrogens is 1. The van der Waals surface area contributed by atoms with Gasteiger partial charge in [-0.2, -0.15) is 0 Å². The van der Waals surface area contributed by atoms with E-state index in [0.717, 1.165) is 56.5 Å². The van der Waals surface area contributed by atoms with E-state index in [9.17, 15) is 0 Å². The van der Waals surface area contributed by atoms with Crippen LogP contribution in [-0.4, -0.2) is 62.7 Å². The van der Waals surface area contributed by atoms with Gasteiger partial charge in [0.15, 0.2) is 5.96 Å². The van der Waals surface area contributed by atoms with Gasteiger partial charge >= 0.3 is 0 Å². The highest BCUT2D eigenvalue weighted by Crippen LogP contribution is 2.13. The first-order valence-corrected chi connectivity index (χ1v) is 9.61. The molecule has 6 nitrogen and oxygen atoms in total. The summed E-state index contributed by atoms with van der Waals surface area (Å²) in [6.45, 7) is 5.83. The SMILES string of the molecule is CN=C(NCCc1ccccc1)NCc1ccc(N2CCN(C)CC2)nc1.I. The maximum Gasteiger partial charge on any atom is 0.191 e. The lowest BCUT2D eigenvalue weighted by molar-refractivity contribution is 0.312. The standard InChI is InChI=1S/C21H30N6.HI/c1-22-21(23-11-10-18-6-4-3-5-7-18)25-17-19-8-9-20(24-16-19)27-14-12-26(2)13-15-27;/h3-9,16H,10-15,17H2,1-2H3,(H2,22,23,25);1H. The molecule has 0 unspecified atom stereocenters. The average Bonchev–Trinajstić information content (AvgIpc) is 2.72. The van der Waals surface area contributed by atoms with Gasteiger partial charge in [-0.1, -0.05) is 36.4 Å². The Kier molecular flexibility index (Phi) is 9.49. The van der Waals surface area contributed by atoms with Crippen molar-refractivity contribution in [2.24, 2.45) is 4.99 Å². The van der Waals surface area contributed by atoms with Crippen LogP contribution in [0.4, 0.5) is 5.82 Å². The minimum atomic E-state index is 0. The number of hydrogen-bond donors (Lipinski definition) is 2. The van der Waals surface area contributed by atoms with E-state index in [1.165, 1.54) is 5.56 Å². The normalized spacial score (nSPS) is 15.1. The molecule has 152 valence electrons. The van der Waals surface area contributed by atoms with Crippen LogP contribution in [0.1, 0.15) is 11.1 Å². The molecular weight excluding hydrogens is 463 g/mol. The predicted molar refractivity (Wildman–Crippen MR) is 128 cm³/mol. The molecular formula is C21H31IN6.